The third-order valence-electron chi connectivity index (χ3n) is 4.30. The molecular weight excluding hydrogens is 370 g/mol. The third kappa shape index (κ3) is 6.34. The SMILES string of the molecule is CCOC(=O)c1ccc(NC(=O)CCN(C(C)=O)c2ccc(N(C)C)cc2)cc1. The van der Waals surface area contributed by atoms with Crippen LogP contribution in [-0.2, 0) is 14.3 Å². The first-order chi connectivity index (χ1) is 13.8. The second-order valence-electron chi connectivity index (χ2n) is 6.68. The minimum atomic E-state index is -0.400. The van der Waals surface area contributed by atoms with E-state index in [-0.39, 0.29) is 24.8 Å². The normalized spacial score (nSPS) is 10.2. The average Bonchev–Trinajstić information content (AvgIpc) is 2.69. The van der Waals surface area contributed by atoms with E-state index in [0.29, 0.717) is 17.9 Å². The van der Waals surface area contributed by atoms with Crippen LogP contribution in [0.1, 0.15) is 30.6 Å². The standard InChI is InChI=1S/C22H27N3O4/c1-5-29-22(28)17-6-8-18(9-7-17)23-21(27)14-15-25(16(2)26)20-12-10-19(11-13-20)24(3)4/h6-13H,5,14-15H2,1-4H3,(H,23,27). The van der Waals surface area contributed by atoms with E-state index in [9.17, 15) is 14.4 Å². The zero-order valence-electron chi connectivity index (χ0n) is 17.3. The van der Waals surface area contributed by atoms with Crippen molar-refractivity contribution in [3.8, 4) is 0 Å². The highest BCUT2D eigenvalue weighted by atomic mass is 16.5. The molecule has 0 spiro atoms. The summed E-state index contributed by atoms with van der Waals surface area (Å²) in [4.78, 5) is 39.5. The highest BCUT2D eigenvalue weighted by Gasteiger charge is 2.14. The summed E-state index contributed by atoms with van der Waals surface area (Å²) >= 11 is 0. The molecule has 154 valence electrons. The first-order valence-corrected chi connectivity index (χ1v) is 9.44. The van der Waals surface area contributed by atoms with Crippen LogP contribution in [0.25, 0.3) is 0 Å². The van der Waals surface area contributed by atoms with Crippen LogP contribution < -0.4 is 15.1 Å². The number of benzene rings is 2. The molecule has 2 rings (SSSR count). The molecule has 2 amide bonds. The first-order valence-electron chi connectivity index (χ1n) is 9.44. The molecule has 2 aromatic carbocycles. The Balaban J connectivity index is 1.95. The molecule has 0 unspecified atom stereocenters. The number of hydrogen-bond donors (Lipinski definition) is 1. The molecule has 0 radical (unpaired) electrons. The van der Waals surface area contributed by atoms with Gasteiger partial charge in [0, 0.05) is 51.0 Å². The lowest BCUT2D eigenvalue weighted by Gasteiger charge is -2.22. The second kappa shape index (κ2) is 10.3. The van der Waals surface area contributed by atoms with Crippen molar-refractivity contribution < 1.29 is 19.1 Å². The maximum Gasteiger partial charge on any atom is 0.338 e. The molecule has 0 aliphatic carbocycles. The van der Waals surface area contributed by atoms with Gasteiger partial charge in [-0.05, 0) is 55.5 Å². The topological polar surface area (TPSA) is 79.0 Å². The van der Waals surface area contributed by atoms with Crippen LogP contribution >= 0.6 is 0 Å². The lowest BCUT2D eigenvalue weighted by Crippen LogP contribution is -2.32. The van der Waals surface area contributed by atoms with Gasteiger partial charge in [-0.25, -0.2) is 4.79 Å². The van der Waals surface area contributed by atoms with Crippen LogP contribution in [0.2, 0.25) is 0 Å². The van der Waals surface area contributed by atoms with E-state index in [1.54, 1.807) is 36.1 Å². The minimum absolute atomic E-state index is 0.130. The Labute approximate surface area is 171 Å². The molecule has 0 saturated heterocycles. The van der Waals surface area contributed by atoms with E-state index in [0.717, 1.165) is 11.4 Å². The summed E-state index contributed by atoms with van der Waals surface area (Å²) < 4.78 is 4.93. The molecule has 29 heavy (non-hydrogen) atoms. The smallest absolute Gasteiger partial charge is 0.338 e. The molecule has 0 atom stereocenters. The van der Waals surface area contributed by atoms with Gasteiger partial charge in [-0.1, -0.05) is 0 Å². The summed E-state index contributed by atoms with van der Waals surface area (Å²) in [5, 5.41) is 2.77. The number of ether oxygens (including phenoxy) is 1. The van der Waals surface area contributed by atoms with Gasteiger partial charge in [0.25, 0.3) is 0 Å². The van der Waals surface area contributed by atoms with Crippen molar-refractivity contribution in [1.82, 2.24) is 0 Å². The van der Waals surface area contributed by atoms with Crippen molar-refractivity contribution in [3.05, 3.63) is 54.1 Å². The monoisotopic (exact) mass is 397 g/mol. The third-order valence-corrected chi connectivity index (χ3v) is 4.30. The van der Waals surface area contributed by atoms with Gasteiger partial charge in [-0.15, -0.1) is 0 Å². The summed E-state index contributed by atoms with van der Waals surface area (Å²) in [6.45, 7) is 3.80. The van der Waals surface area contributed by atoms with E-state index in [1.807, 2.05) is 43.3 Å². The van der Waals surface area contributed by atoms with Gasteiger partial charge in [0.1, 0.15) is 0 Å². The van der Waals surface area contributed by atoms with Crippen LogP contribution in [0, 0.1) is 0 Å². The number of nitrogens with one attached hydrogen (secondary N) is 1. The molecule has 0 aromatic heterocycles. The van der Waals surface area contributed by atoms with E-state index in [4.69, 9.17) is 4.74 Å². The zero-order valence-corrected chi connectivity index (χ0v) is 17.3. The maximum absolute atomic E-state index is 12.3. The molecule has 0 heterocycles. The predicted molar refractivity (Wildman–Crippen MR) is 114 cm³/mol. The van der Waals surface area contributed by atoms with Gasteiger partial charge >= 0.3 is 5.97 Å². The maximum atomic E-state index is 12.3. The van der Waals surface area contributed by atoms with Gasteiger partial charge in [0.15, 0.2) is 0 Å². The van der Waals surface area contributed by atoms with E-state index >= 15 is 0 Å². The molecule has 0 aliphatic rings. The van der Waals surface area contributed by atoms with Crippen molar-refractivity contribution >= 4 is 34.8 Å². The lowest BCUT2D eigenvalue weighted by molar-refractivity contribution is -0.117. The number of rotatable bonds is 8. The largest absolute Gasteiger partial charge is 0.462 e. The number of amides is 2. The van der Waals surface area contributed by atoms with Crippen molar-refractivity contribution in [2.24, 2.45) is 0 Å². The number of esters is 1. The summed E-state index contributed by atoms with van der Waals surface area (Å²) in [5.41, 5.74) is 2.78. The Morgan fingerprint density at radius 3 is 2.03 bits per heavy atom. The Bertz CT molecular complexity index is 845. The second-order valence-corrected chi connectivity index (χ2v) is 6.68. The molecule has 7 nitrogen and oxygen atoms in total. The van der Waals surface area contributed by atoms with Crippen molar-refractivity contribution in [2.45, 2.75) is 20.3 Å². The Morgan fingerprint density at radius 2 is 1.52 bits per heavy atom. The highest BCUT2D eigenvalue weighted by molar-refractivity contribution is 5.95. The van der Waals surface area contributed by atoms with Gasteiger partial charge in [0.2, 0.25) is 11.8 Å². The molecule has 0 fully saturated rings. The summed E-state index contributed by atoms with van der Waals surface area (Å²) in [5.74, 6) is -0.748. The summed E-state index contributed by atoms with van der Waals surface area (Å²) in [7, 11) is 3.89. The summed E-state index contributed by atoms with van der Waals surface area (Å²) in [6, 6.07) is 14.1. The minimum Gasteiger partial charge on any atom is -0.462 e. The van der Waals surface area contributed by atoms with Crippen LogP contribution in [0.5, 0.6) is 0 Å². The Kier molecular flexibility index (Phi) is 7.77. The van der Waals surface area contributed by atoms with Gasteiger partial charge in [-0.2, -0.15) is 0 Å². The van der Waals surface area contributed by atoms with Crippen LogP contribution in [-0.4, -0.2) is 45.0 Å². The molecule has 0 bridgehead atoms. The lowest BCUT2D eigenvalue weighted by atomic mass is 10.2. The Hall–Kier alpha value is -3.35. The van der Waals surface area contributed by atoms with E-state index in [1.165, 1.54) is 6.92 Å². The van der Waals surface area contributed by atoms with Crippen LogP contribution in [0.3, 0.4) is 0 Å². The molecular formula is C22H27N3O4. The number of carbonyl (C=O) groups excluding carboxylic acids is 3. The highest BCUT2D eigenvalue weighted by Crippen LogP contribution is 2.20. The summed E-state index contributed by atoms with van der Waals surface area (Å²) in [6.07, 6.45) is 0.147. The predicted octanol–water partition coefficient (Wildman–Crippen LogP) is 3.31. The Morgan fingerprint density at radius 1 is 0.931 bits per heavy atom. The number of carbonyl (C=O) groups is 3. The van der Waals surface area contributed by atoms with Gasteiger partial charge < -0.3 is 19.9 Å². The molecule has 1 N–H and O–H groups in total. The fourth-order valence-electron chi connectivity index (χ4n) is 2.74. The molecule has 7 heteroatoms. The number of nitrogens with zero attached hydrogens (tertiary/aromatic N) is 2. The van der Waals surface area contributed by atoms with Crippen molar-refractivity contribution in [3.63, 3.8) is 0 Å². The van der Waals surface area contributed by atoms with Crippen molar-refractivity contribution in [1.29, 1.82) is 0 Å². The van der Waals surface area contributed by atoms with E-state index < -0.39 is 5.97 Å². The zero-order chi connectivity index (χ0) is 21.4. The van der Waals surface area contributed by atoms with Crippen LogP contribution in [0.4, 0.5) is 17.1 Å². The van der Waals surface area contributed by atoms with Crippen LogP contribution in [0.15, 0.2) is 48.5 Å². The quantitative estimate of drug-likeness (QED) is 0.692. The fourth-order valence-corrected chi connectivity index (χ4v) is 2.74. The fraction of sp³-hybridized carbons (Fsp3) is 0.318. The van der Waals surface area contributed by atoms with E-state index in [2.05, 4.69) is 5.32 Å². The van der Waals surface area contributed by atoms with Gasteiger partial charge in [0.05, 0.1) is 12.2 Å². The van der Waals surface area contributed by atoms with Crippen molar-refractivity contribution in [2.75, 3.05) is 42.4 Å². The molecule has 0 saturated carbocycles. The molecule has 2 aromatic rings. The number of anilines is 3. The number of hydrogen-bond acceptors (Lipinski definition) is 5. The molecule has 0 aliphatic heterocycles. The van der Waals surface area contributed by atoms with Gasteiger partial charge in [-0.3, -0.25) is 9.59 Å². The first kappa shape index (κ1) is 21.9. The average molecular weight is 397 g/mol.